The molecule has 1 unspecified atom stereocenters. The van der Waals surface area contributed by atoms with Gasteiger partial charge in [-0.15, -0.1) is 0 Å². The molecule has 0 aliphatic carbocycles. The van der Waals surface area contributed by atoms with Gasteiger partial charge in [0, 0.05) is 0 Å². The molecule has 28 heavy (non-hydrogen) atoms. The van der Waals surface area contributed by atoms with Gasteiger partial charge in [0.15, 0.2) is 12.4 Å². The van der Waals surface area contributed by atoms with Gasteiger partial charge in [-0.1, -0.05) is 0 Å². The molecule has 1 atom stereocenters. The minimum atomic E-state index is -4.71. The van der Waals surface area contributed by atoms with Crippen LogP contribution < -0.4 is 20.7 Å². The number of alkyl carbamates (subject to hydrolysis) is 1. The molecule has 0 fully saturated rings. The van der Waals surface area contributed by atoms with Crippen molar-refractivity contribution in [3.63, 3.8) is 0 Å². The predicted octanol–water partition coefficient (Wildman–Crippen LogP) is 2.89. The Balaban J connectivity index is 2.22. The van der Waals surface area contributed by atoms with Crippen LogP contribution in [-0.4, -0.2) is 36.2 Å². The Bertz CT molecular complexity index is 802. The molecule has 154 valence electrons. The molecule has 0 aromatic heterocycles. The Morgan fingerprint density at radius 2 is 1.89 bits per heavy atom. The number of nitrogens with one attached hydrogen (secondary N) is 3. The summed E-state index contributed by atoms with van der Waals surface area (Å²) in [6.07, 6.45) is -5.57. The van der Waals surface area contributed by atoms with E-state index in [0.29, 0.717) is 12.1 Å². The number of rotatable bonds is 3. The number of carbonyl (C=O) groups excluding carboxylic acids is 3. The summed E-state index contributed by atoms with van der Waals surface area (Å²) >= 11 is 0. The Hall–Kier alpha value is -2.98. The molecule has 1 heterocycles. The van der Waals surface area contributed by atoms with Crippen LogP contribution in [0.4, 0.5) is 29.3 Å². The average Bonchev–Trinajstić information content (AvgIpc) is 2.51. The molecule has 2 rings (SSSR count). The highest BCUT2D eigenvalue weighted by Gasteiger charge is 2.34. The fourth-order valence-electron chi connectivity index (χ4n) is 2.25. The van der Waals surface area contributed by atoms with Crippen LogP contribution in [0.25, 0.3) is 0 Å². The third kappa shape index (κ3) is 5.51. The van der Waals surface area contributed by atoms with Gasteiger partial charge in [-0.25, -0.2) is 4.79 Å². The summed E-state index contributed by atoms with van der Waals surface area (Å²) in [5, 5.41) is 6.83. The van der Waals surface area contributed by atoms with E-state index in [1.165, 1.54) is 6.92 Å². The van der Waals surface area contributed by atoms with E-state index in [1.807, 2.05) is 0 Å². The van der Waals surface area contributed by atoms with Crippen LogP contribution in [-0.2, 0) is 20.5 Å². The van der Waals surface area contributed by atoms with Crippen LogP contribution >= 0.6 is 0 Å². The second-order valence-corrected chi connectivity index (χ2v) is 7.09. The lowest BCUT2D eigenvalue weighted by molar-refractivity contribution is -0.137. The number of alkyl halides is 3. The number of fused-ring (bicyclic) bond motifs is 1. The molecule has 1 aliphatic heterocycles. The molecule has 0 saturated carbocycles. The van der Waals surface area contributed by atoms with E-state index < -0.39 is 47.9 Å². The van der Waals surface area contributed by atoms with Crippen LogP contribution in [0.1, 0.15) is 33.3 Å². The fraction of sp³-hybridized carbons (Fsp3) is 0.471. The molecule has 3 amide bonds. The number of amides is 3. The third-order valence-corrected chi connectivity index (χ3v) is 3.42. The minimum Gasteiger partial charge on any atom is -0.479 e. The standard InChI is InChI=1S/C17H20F3N3O5/c1-8(21-15(26)28-16(2,3)4)14(25)23-11-6-9(17(18,19)20)5-10-13(11)27-7-12(24)22-10/h5-6,8H,7H2,1-4H3,(H,21,26)(H,22,24)(H,23,25). The summed E-state index contributed by atoms with van der Waals surface area (Å²) in [6.45, 7) is 5.84. The lowest BCUT2D eigenvalue weighted by Crippen LogP contribution is -2.44. The van der Waals surface area contributed by atoms with Gasteiger partial charge in [0.1, 0.15) is 11.6 Å². The van der Waals surface area contributed by atoms with E-state index in [2.05, 4.69) is 16.0 Å². The molecule has 8 nitrogen and oxygen atoms in total. The Morgan fingerprint density at radius 1 is 1.25 bits per heavy atom. The highest BCUT2D eigenvalue weighted by Crippen LogP contribution is 2.42. The van der Waals surface area contributed by atoms with E-state index in [1.54, 1.807) is 20.8 Å². The van der Waals surface area contributed by atoms with E-state index in [4.69, 9.17) is 9.47 Å². The normalized spacial score (nSPS) is 14.9. The molecule has 0 radical (unpaired) electrons. The minimum absolute atomic E-state index is 0.106. The van der Waals surface area contributed by atoms with Crippen LogP contribution in [0.2, 0.25) is 0 Å². The van der Waals surface area contributed by atoms with Crippen molar-refractivity contribution in [2.45, 2.75) is 45.5 Å². The van der Waals surface area contributed by atoms with Crippen LogP contribution in [0.15, 0.2) is 12.1 Å². The van der Waals surface area contributed by atoms with E-state index in [0.717, 1.165) is 0 Å². The van der Waals surface area contributed by atoms with E-state index >= 15 is 0 Å². The van der Waals surface area contributed by atoms with Crippen molar-refractivity contribution in [2.24, 2.45) is 0 Å². The molecule has 1 aliphatic rings. The van der Waals surface area contributed by atoms with Gasteiger partial charge in [0.05, 0.1) is 16.9 Å². The molecular formula is C17H20F3N3O5. The molecule has 3 N–H and O–H groups in total. The van der Waals surface area contributed by atoms with Crippen molar-refractivity contribution < 1.29 is 37.0 Å². The topological polar surface area (TPSA) is 106 Å². The third-order valence-electron chi connectivity index (χ3n) is 3.42. The molecule has 11 heteroatoms. The second kappa shape index (κ2) is 7.56. The summed E-state index contributed by atoms with van der Waals surface area (Å²) < 4.78 is 49.5. The molecule has 0 saturated heterocycles. The number of halogens is 3. The zero-order valence-electron chi connectivity index (χ0n) is 15.6. The van der Waals surface area contributed by atoms with Gasteiger partial charge in [0.25, 0.3) is 5.91 Å². The predicted molar refractivity (Wildman–Crippen MR) is 93.0 cm³/mol. The van der Waals surface area contributed by atoms with Crippen LogP contribution in [0.3, 0.4) is 0 Å². The zero-order valence-corrected chi connectivity index (χ0v) is 15.6. The Kier molecular flexibility index (Phi) is 5.76. The maximum absolute atomic E-state index is 13.1. The first-order valence-electron chi connectivity index (χ1n) is 8.24. The van der Waals surface area contributed by atoms with Crippen molar-refractivity contribution in [2.75, 3.05) is 17.2 Å². The van der Waals surface area contributed by atoms with Crippen molar-refractivity contribution in [3.8, 4) is 5.75 Å². The highest BCUT2D eigenvalue weighted by molar-refractivity contribution is 6.02. The molecule has 1 aromatic rings. The average molecular weight is 403 g/mol. The zero-order chi connectivity index (χ0) is 21.3. The van der Waals surface area contributed by atoms with Crippen molar-refractivity contribution in [1.29, 1.82) is 0 Å². The second-order valence-electron chi connectivity index (χ2n) is 7.09. The van der Waals surface area contributed by atoms with E-state index in [-0.39, 0.29) is 17.1 Å². The van der Waals surface area contributed by atoms with Crippen LogP contribution in [0, 0.1) is 0 Å². The SMILES string of the molecule is CC(NC(=O)OC(C)(C)C)C(=O)Nc1cc(C(F)(F)F)cc2c1OCC(=O)N2. The first-order valence-corrected chi connectivity index (χ1v) is 8.24. The lowest BCUT2D eigenvalue weighted by Gasteiger charge is -2.24. The van der Waals surface area contributed by atoms with Crippen molar-refractivity contribution in [3.05, 3.63) is 17.7 Å². The quantitative estimate of drug-likeness (QED) is 0.720. The summed E-state index contributed by atoms with van der Waals surface area (Å²) in [6, 6.07) is 0.289. The van der Waals surface area contributed by atoms with Gasteiger partial charge >= 0.3 is 12.3 Å². The largest absolute Gasteiger partial charge is 0.479 e. The molecule has 1 aromatic carbocycles. The maximum Gasteiger partial charge on any atom is 0.416 e. The smallest absolute Gasteiger partial charge is 0.416 e. The van der Waals surface area contributed by atoms with Gasteiger partial charge in [-0.05, 0) is 39.8 Å². The van der Waals surface area contributed by atoms with Crippen molar-refractivity contribution >= 4 is 29.3 Å². The van der Waals surface area contributed by atoms with Crippen LogP contribution in [0.5, 0.6) is 5.75 Å². The number of anilines is 2. The number of hydrogen-bond donors (Lipinski definition) is 3. The number of hydrogen-bond acceptors (Lipinski definition) is 5. The first-order chi connectivity index (χ1) is 12.8. The number of carbonyl (C=O) groups is 3. The molecular weight excluding hydrogens is 383 g/mol. The van der Waals surface area contributed by atoms with Gasteiger partial charge < -0.3 is 25.4 Å². The van der Waals surface area contributed by atoms with Gasteiger partial charge in [-0.2, -0.15) is 13.2 Å². The summed E-state index contributed by atoms with van der Waals surface area (Å²) in [7, 11) is 0. The lowest BCUT2D eigenvalue weighted by atomic mass is 10.1. The Labute approximate surface area is 158 Å². The number of benzene rings is 1. The highest BCUT2D eigenvalue weighted by atomic mass is 19.4. The molecule has 0 bridgehead atoms. The maximum atomic E-state index is 13.1. The van der Waals surface area contributed by atoms with E-state index in [9.17, 15) is 27.6 Å². The van der Waals surface area contributed by atoms with Crippen molar-refractivity contribution in [1.82, 2.24) is 5.32 Å². The summed E-state index contributed by atoms with van der Waals surface area (Å²) in [4.78, 5) is 35.5. The van der Waals surface area contributed by atoms with Gasteiger partial charge in [-0.3, -0.25) is 9.59 Å². The summed E-state index contributed by atoms with van der Waals surface area (Å²) in [5.74, 6) is -1.53. The molecule has 0 spiro atoms. The van der Waals surface area contributed by atoms with Gasteiger partial charge in [0.2, 0.25) is 5.91 Å². The summed E-state index contributed by atoms with van der Waals surface area (Å²) in [5.41, 5.74) is -2.37. The number of ether oxygens (including phenoxy) is 2. The monoisotopic (exact) mass is 403 g/mol. The fourth-order valence-corrected chi connectivity index (χ4v) is 2.25. The Morgan fingerprint density at radius 3 is 2.46 bits per heavy atom. The first kappa shape index (κ1) is 21.3.